The third-order valence-electron chi connectivity index (χ3n) is 3.52. The number of fused-ring (bicyclic) bond motifs is 1. The van der Waals surface area contributed by atoms with Crippen molar-refractivity contribution in [1.82, 2.24) is 0 Å². The first-order valence-corrected chi connectivity index (χ1v) is 7.45. The molecule has 0 saturated heterocycles. The van der Waals surface area contributed by atoms with Crippen LogP contribution in [-0.4, -0.2) is 19.1 Å². The largest absolute Gasteiger partial charge is 0.486 e. The van der Waals surface area contributed by atoms with Crippen LogP contribution in [0.1, 0.15) is 11.1 Å². The van der Waals surface area contributed by atoms with Gasteiger partial charge in [-0.3, -0.25) is 4.79 Å². The summed E-state index contributed by atoms with van der Waals surface area (Å²) >= 11 is 6.19. The Morgan fingerprint density at radius 3 is 2.59 bits per heavy atom. The zero-order valence-electron chi connectivity index (χ0n) is 12.2. The van der Waals surface area contributed by atoms with Crippen LogP contribution in [0.3, 0.4) is 0 Å². The minimum Gasteiger partial charge on any atom is -0.486 e. The molecule has 0 atom stereocenters. The van der Waals surface area contributed by atoms with Crippen molar-refractivity contribution in [3.8, 4) is 11.5 Å². The molecule has 0 aliphatic carbocycles. The Morgan fingerprint density at radius 2 is 1.86 bits per heavy atom. The number of anilines is 1. The molecule has 1 amide bonds. The summed E-state index contributed by atoms with van der Waals surface area (Å²) in [6.45, 7) is 2.98. The van der Waals surface area contributed by atoms with E-state index in [-0.39, 0.29) is 5.91 Å². The lowest BCUT2D eigenvalue weighted by molar-refractivity contribution is -0.115. The average molecular weight is 318 g/mol. The second-order valence-corrected chi connectivity index (χ2v) is 5.53. The lowest BCUT2D eigenvalue weighted by Gasteiger charge is -2.20. The van der Waals surface area contributed by atoms with Crippen LogP contribution < -0.4 is 14.8 Å². The predicted molar refractivity (Wildman–Crippen MR) is 86.0 cm³/mol. The highest BCUT2D eigenvalue weighted by Gasteiger charge is 2.16. The van der Waals surface area contributed by atoms with Gasteiger partial charge in [-0.2, -0.15) is 0 Å². The van der Waals surface area contributed by atoms with Crippen molar-refractivity contribution < 1.29 is 14.3 Å². The fraction of sp³-hybridized carbons (Fsp3) is 0.235. The number of carbonyl (C=O) groups excluding carboxylic acids is 1. The zero-order chi connectivity index (χ0) is 15.5. The Morgan fingerprint density at radius 1 is 1.18 bits per heavy atom. The van der Waals surface area contributed by atoms with E-state index in [4.69, 9.17) is 21.1 Å². The van der Waals surface area contributed by atoms with Crippen LogP contribution in [0.15, 0.2) is 36.4 Å². The van der Waals surface area contributed by atoms with Crippen LogP contribution >= 0.6 is 11.6 Å². The molecule has 0 aromatic heterocycles. The van der Waals surface area contributed by atoms with Crippen LogP contribution in [0.2, 0.25) is 5.02 Å². The van der Waals surface area contributed by atoms with Crippen molar-refractivity contribution in [2.45, 2.75) is 13.3 Å². The van der Waals surface area contributed by atoms with E-state index in [2.05, 4.69) is 5.32 Å². The van der Waals surface area contributed by atoms with E-state index >= 15 is 0 Å². The Hall–Kier alpha value is -2.20. The van der Waals surface area contributed by atoms with Crippen molar-refractivity contribution in [3.05, 3.63) is 52.5 Å². The monoisotopic (exact) mass is 317 g/mol. The third kappa shape index (κ3) is 3.17. The lowest BCUT2D eigenvalue weighted by Crippen LogP contribution is -2.18. The number of hydrogen-bond donors (Lipinski definition) is 1. The maximum atomic E-state index is 12.2. The molecular weight excluding hydrogens is 302 g/mol. The minimum atomic E-state index is -0.118. The van der Waals surface area contributed by atoms with E-state index < -0.39 is 0 Å². The quantitative estimate of drug-likeness (QED) is 0.941. The lowest BCUT2D eigenvalue weighted by atomic mass is 10.1. The summed E-state index contributed by atoms with van der Waals surface area (Å²) in [6, 6.07) is 11.2. The van der Waals surface area contributed by atoms with Gasteiger partial charge in [-0.25, -0.2) is 0 Å². The van der Waals surface area contributed by atoms with Gasteiger partial charge in [-0.1, -0.05) is 35.9 Å². The molecule has 114 valence electrons. The molecule has 2 aromatic carbocycles. The fourth-order valence-electron chi connectivity index (χ4n) is 2.34. The van der Waals surface area contributed by atoms with E-state index in [1.54, 1.807) is 12.1 Å². The van der Waals surface area contributed by atoms with Crippen LogP contribution in [-0.2, 0) is 11.2 Å². The highest BCUT2D eigenvalue weighted by molar-refractivity contribution is 6.34. The predicted octanol–water partition coefficient (Wildman–Crippen LogP) is 3.60. The number of carbonyl (C=O) groups is 1. The third-order valence-corrected chi connectivity index (χ3v) is 3.83. The van der Waals surface area contributed by atoms with E-state index in [9.17, 15) is 4.79 Å². The standard InChI is InChI=1S/C17H16ClNO3/c1-11-4-2-3-5-12(11)8-17(20)19-14-10-16-15(9-13(14)18)21-6-7-22-16/h2-5,9-10H,6-8H2,1H3,(H,19,20). The van der Waals surface area contributed by atoms with Gasteiger partial charge in [0.25, 0.3) is 0 Å². The Labute approximate surface area is 134 Å². The van der Waals surface area contributed by atoms with Gasteiger partial charge in [0.05, 0.1) is 17.1 Å². The highest BCUT2D eigenvalue weighted by atomic mass is 35.5. The first kappa shape index (κ1) is 14.7. The SMILES string of the molecule is Cc1ccccc1CC(=O)Nc1cc2c(cc1Cl)OCCO2. The molecule has 0 spiro atoms. The van der Waals surface area contributed by atoms with E-state index in [1.165, 1.54) is 0 Å². The van der Waals surface area contributed by atoms with Gasteiger partial charge in [0.2, 0.25) is 5.91 Å². The number of halogens is 1. The van der Waals surface area contributed by atoms with E-state index in [1.807, 2.05) is 31.2 Å². The summed E-state index contributed by atoms with van der Waals surface area (Å²) in [7, 11) is 0. The number of amides is 1. The van der Waals surface area contributed by atoms with Gasteiger partial charge in [-0.15, -0.1) is 0 Å². The van der Waals surface area contributed by atoms with Crippen LogP contribution in [0.4, 0.5) is 5.69 Å². The molecule has 0 unspecified atom stereocenters. The van der Waals surface area contributed by atoms with Crippen molar-refractivity contribution in [2.24, 2.45) is 0 Å². The van der Waals surface area contributed by atoms with Gasteiger partial charge in [0, 0.05) is 12.1 Å². The topological polar surface area (TPSA) is 47.6 Å². The van der Waals surface area contributed by atoms with Crippen molar-refractivity contribution >= 4 is 23.2 Å². The zero-order valence-corrected chi connectivity index (χ0v) is 12.9. The Kier molecular flexibility index (Phi) is 4.20. The Balaban J connectivity index is 1.75. The van der Waals surface area contributed by atoms with Crippen LogP contribution in [0.25, 0.3) is 0 Å². The molecule has 4 nitrogen and oxygen atoms in total. The molecule has 1 N–H and O–H groups in total. The maximum Gasteiger partial charge on any atom is 0.228 e. The first-order chi connectivity index (χ1) is 10.6. The van der Waals surface area contributed by atoms with Crippen molar-refractivity contribution in [1.29, 1.82) is 0 Å². The van der Waals surface area contributed by atoms with Crippen molar-refractivity contribution in [2.75, 3.05) is 18.5 Å². The summed E-state index contributed by atoms with van der Waals surface area (Å²) in [5.74, 6) is 1.09. The molecule has 2 aromatic rings. The second-order valence-electron chi connectivity index (χ2n) is 5.13. The molecule has 0 saturated carbocycles. The molecule has 5 heteroatoms. The second kappa shape index (κ2) is 6.28. The summed E-state index contributed by atoms with van der Waals surface area (Å²) in [4.78, 5) is 12.2. The number of hydrogen-bond acceptors (Lipinski definition) is 3. The summed E-state index contributed by atoms with van der Waals surface area (Å²) in [5, 5.41) is 3.26. The van der Waals surface area contributed by atoms with Gasteiger partial charge in [0.15, 0.2) is 11.5 Å². The van der Waals surface area contributed by atoms with Crippen LogP contribution in [0, 0.1) is 6.92 Å². The maximum absolute atomic E-state index is 12.2. The van der Waals surface area contributed by atoms with E-state index in [0.29, 0.717) is 41.8 Å². The summed E-state index contributed by atoms with van der Waals surface area (Å²) < 4.78 is 11.0. The number of ether oxygens (including phenoxy) is 2. The number of nitrogens with one attached hydrogen (secondary N) is 1. The van der Waals surface area contributed by atoms with Gasteiger partial charge in [-0.05, 0) is 18.1 Å². The fourth-order valence-corrected chi connectivity index (χ4v) is 2.54. The molecule has 1 aliphatic rings. The average Bonchev–Trinajstić information content (AvgIpc) is 2.50. The summed E-state index contributed by atoms with van der Waals surface area (Å²) in [6.07, 6.45) is 0.303. The van der Waals surface area contributed by atoms with Gasteiger partial charge >= 0.3 is 0 Å². The molecule has 1 heterocycles. The molecular formula is C17H16ClNO3. The van der Waals surface area contributed by atoms with Gasteiger partial charge < -0.3 is 14.8 Å². The Bertz CT molecular complexity index is 715. The molecule has 0 bridgehead atoms. The van der Waals surface area contributed by atoms with Gasteiger partial charge in [0.1, 0.15) is 13.2 Å². The van der Waals surface area contributed by atoms with Crippen LogP contribution in [0.5, 0.6) is 11.5 Å². The van der Waals surface area contributed by atoms with E-state index in [0.717, 1.165) is 11.1 Å². The highest BCUT2D eigenvalue weighted by Crippen LogP contribution is 2.37. The molecule has 22 heavy (non-hydrogen) atoms. The molecule has 3 rings (SSSR count). The smallest absolute Gasteiger partial charge is 0.228 e. The minimum absolute atomic E-state index is 0.118. The summed E-state index contributed by atoms with van der Waals surface area (Å²) in [5.41, 5.74) is 2.61. The normalized spacial score (nSPS) is 12.8. The number of aryl methyl sites for hydroxylation is 1. The number of rotatable bonds is 3. The molecule has 0 radical (unpaired) electrons. The number of benzene rings is 2. The first-order valence-electron chi connectivity index (χ1n) is 7.07. The van der Waals surface area contributed by atoms with Crippen molar-refractivity contribution in [3.63, 3.8) is 0 Å². The molecule has 1 aliphatic heterocycles. The molecule has 0 fully saturated rings.